The number of hydrogen-bond donors (Lipinski definition) is 1. The fourth-order valence-corrected chi connectivity index (χ4v) is 0.199. The van der Waals surface area contributed by atoms with E-state index >= 15 is 0 Å². The summed E-state index contributed by atoms with van der Waals surface area (Å²) in [6.45, 7) is 3.12. The minimum absolute atomic E-state index is 0.382. The topological polar surface area (TPSA) is 40.5 Å². The van der Waals surface area contributed by atoms with Gasteiger partial charge in [0.05, 0.1) is 0 Å². The van der Waals surface area contributed by atoms with Crippen LogP contribution in [0.2, 0.25) is 0 Å². The second-order valence-electron chi connectivity index (χ2n) is 0.887. The van der Waals surface area contributed by atoms with Crippen LogP contribution in [0.1, 0.15) is 0 Å². The van der Waals surface area contributed by atoms with E-state index in [1.807, 2.05) is 0 Å². The fourth-order valence-electron chi connectivity index (χ4n) is 0.0935. The lowest BCUT2D eigenvalue weighted by molar-refractivity contribution is -0.139. The molecule has 0 heterocycles. The van der Waals surface area contributed by atoms with E-state index < -0.39 is 5.91 Å². The van der Waals surface area contributed by atoms with Gasteiger partial charge in [0, 0.05) is 0 Å². The van der Waals surface area contributed by atoms with Crippen LogP contribution in [0.4, 0.5) is 0 Å². The molecule has 3 nitrogen and oxygen atoms in total. The van der Waals surface area contributed by atoms with E-state index in [0.717, 1.165) is 6.08 Å². The smallest absolute Gasteiger partial charge is 0.272 e. The van der Waals surface area contributed by atoms with E-state index in [2.05, 4.69) is 6.58 Å². The summed E-state index contributed by atoms with van der Waals surface area (Å²) in [4.78, 5) is 10.4. The van der Waals surface area contributed by atoms with Gasteiger partial charge in [-0.3, -0.25) is 10.0 Å². The van der Waals surface area contributed by atoms with Crippen LogP contribution in [0.25, 0.3) is 0 Å². The highest BCUT2D eigenvalue weighted by molar-refractivity contribution is 7.14. The van der Waals surface area contributed by atoms with Crippen LogP contribution < -0.4 is 0 Å². The van der Waals surface area contributed by atoms with Crippen LogP contribution in [0.15, 0.2) is 12.7 Å². The lowest BCUT2D eigenvalue weighted by atomic mass is 10.6. The zero-order chi connectivity index (χ0) is 5.86. The first-order valence-corrected chi connectivity index (χ1v) is 2.10. The summed E-state index contributed by atoms with van der Waals surface area (Å²) in [5.41, 5.74) is 0. The molecule has 1 N–H and O–H groups in total. The monoisotopic (exact) mass is 119 g/mol. The Balaban J connectivity index is 3.56. The quantitative estimate of drug-likeness (QED) is 0.231. The molecule has 7 heavy (non-hydrogen) atoms. The maximum absolute atomic E-state index is 10.0. The number of nitrogens with zero attached hydrogens (tertiary/aromatic N) is 1. The maximum Gasteiger partial charge on any atom is 0.272 e. The van der Waals surface area contributed by atoms with Crippen LogP contribution in [0.5, 0.6) is 0 Å². The van der Waals surface area contributed by atoms with Crippen LogP contribution >= 0.6 is 9.39 Å². The van der Waals surface area contributed by atoms with Crippen LogP contribution in [-0.2, 0) is 4.79 Å². The molecule has 0 saturated heterocycles. The second-order valence-corrected chi connectivity index (χ2v) is 1.38. The third-order valence-electron chi connectivity index (χ3n) is 0.400. The van der Waals surface area contributed by atoms with E-state index in [1.165, 1.54) is 0 Å². The summed E-state index contributed by atoms with van der Waals surface area (Å²) >= 11 is 0. The molecule has 1 atom stereocenters. The molecule has 0 rings (SSSR count). The molecule has 0 saturated carbocycles. The number of amides is 1. The van der Waals surface area contributed by atoms with Gasteiger partial charge in [0.2, 0.25) is 0 Å². The molecule has 0 spiro atoms. The molecular weight excluding hydrogens is 113 g/mol. The van der Waals surface area contributed by atoms with Gasteiger partial charge in [-0.25, -0.2) is 4.83 Å². The Kier molecular flexibility index (Phi) is 2.56. The third-order valence-corrected chi connectivity index (χ3v) is 0.655. The molecule has 0 radical (unpaired) electrons. The van der Waals surface area contributed by atoms with Crippen molar-refractivity contribution in [3.8, 4) is 0 Å². The summed E-state index contributed by atoms with van der Waals surface area (Å²) in [5, 5.41) is 8.20. The van der Waals surface area contributed by atoms with Gasteiger partial charge < -0.3 is 0 Å². The van der Waals surface area contributed by atoms with E-state index in [4.69, 9.17) is 5.21 Å². The van der Waals surface area contributed by atoms with Crippen LogP contribution in [-0.4, -0.2) is 15.9 Å². The van der Waals surface area contributed by atoms with Crippen molar-refractivity contribution in [1.29, 1.82) is 0 Å². The molecule has 0 aliphatic carbocycles. The summed E-state index contributed by atoms with van der Waals surface area (Å²) in [6, 6.07) is 0. The SMILES string of the molecule is C=CC(=O)N(O)P. The Labute approximate surface area is 43.8 Å². The molecule has 40 valence electrons. The zero-order valence-electron chi connectivity index (χ0n) is 3.66. The van der Waals surface area contributed by atoms with Crippen molar-refractivity contribution in [1.82, 2.24) is 4.83 Å². The molecular formula is C3H6NO2P. The van der Waals surface area contributed by atoms with E-state index in [-0.39, 0.29) is 0 Å². The summed E-state index contributed by atoms with van der Waals surface area (Å²) < 4.78 is 0. The van der Waals surface area contributed by atoms with Gasteiger partial charge in [-0.1, -0.05) is 6.58 Å². The van der Waals surface area contributed by atoms with Crippen molar-refractivity contribution in [2.45, 2.75) is 0 Å². The molecule has 0 aliphatic rings. The highest BCUT2D eigenvalue weighted by Gasteiger charge is 1.94. The summed E-state index contributed by atoms with van der Waals surface area (Å²) in [6.07, 6.45) is 1.01. The van der Waals surface area contributed by atoms with E-state index in [1.54, 1.807) is 9.39 Å². The Morgan fingerprint density at radius 3 is 2.43 bits per heavy atom. The fraction of sp³-hybridized carbons (Fsp3) is 0. The highest BCUT2D eigenvalue weighted by atomic mass is 31.0. The predicted octanol–water partition coefficient (Wildman–Crippen LogP) is 0.180. The van der Waals surface area contributed by atoms with Crippen molar-refractivity contribution >= 4 is 15.3 Å². The van der Waals surface area contributed by atoms with Gasteiger partial charge in [0.1, 0.15) is 0 Å². The van der Waals surface area contributed by atoms with Crippen molar-refractivity contribution < 1.29 is 10.0 Å². The molecule has 0 fully saturated rings. The molecule has 1 amide bonds. The largest absolute Gasteiger partial charge is 0.283 e. The zero-order valence-corrected chi connectivity index (χ0v) is 4.82. The molecule has 0 aromatic carbocycles. The summed E-state index contributed by atoms with van der Waals surface area (Å²) in [7, 11) is 1.79. The number of rotatable bonds is 1. The molecule has 0 bridgehead atoms. The van der Waals surface area contributed by atoms with Crippen molar-refractivity contribution in [2.24, 2.45) is 0 Å². The normalized spacial score (nSPS) is 7.71. The standard InChI is InChI=1S/C3H6NO2P/c1-2-3(5)4(6)7/h2,6H,1,7H2. The number of hydrogen-bond acceptors (Lipinski definition) is 2. The number of hydroxylamine groups is 1. The Bertz CT molecular complexity index is 90.9. The average Bonchev–Trinajstić information content (AvgIpc) is 1.65. The Morgan fingerprint density at radius 2 is 2.43 bits per heavy atom. The summed E-state index contributed by atoms with van der Waals surface area (Å²) in [5.74, 6) is -0.537. The van der Waals surface area contributed by atoms with Crippen molar-refractivity contribution in [3.63, 3.8) is 0 Å². The third kappa shape index (κ3) is 2.31. The van der Waals surface area contributed by atoms with Crippen LogP contribution in [0, 0.1) is 0 Å². The minimum Gasteiger partial charge on any atom is -0.283 e. The number of carbonyl (C=O) groups is 1. The molecule has 0 aliphatic heterocycles. The van der Waals surface area contributed by atoms with Gasteiger partial charge in [0.25, 0.3) is 5.91 Å². The predicted molar refractivity (Wildman–Crippen MR) is 28.5 cm³/mol. The Hall–Kier alpha value is -0.400. The molecule has 4 heteroatoms. The van der Waals surface area contributed by atoms with Gasteiger partial charge in [-0.2, -0.15) is 0 Å². The molecule has 0 aromatic heterocycles. The highest BCUT2D eigenvalue weighted by Crippen LogP contribution is 1.90. The van der Waals surface area contributed by atoms with Gasteiger partial charge in [-0.15, -0.1) is 0 Å². The lowest BCUT2D eigenvalue weighted by Gasteiger charge is -2.00. The average molecular weight is 119 g/mol. The van der Waals surface area contributed by atoms with Crippen LogP contribution in [0.3, 0.4) is 0 Å². The van der Waals surface area contributed by atoms with Gasteiger partial charge in [-0.05, 0) is 15.5 Å². The maximum atomic E-state index is 10.0. The van der Waals surface area contributed by atoms with Crippen molar-refractivity contribution in [2.75, 3.05) is 0 Å². The van der Waals surface area contributed by atoms with E-state index in [9.17, 15) is 4.79 Å². The van der Waals surface area contributed by atoms with Gasteiger partial charge in [0.15, 0.2) is 0 Å². The molecule has 1 unspecified atom stereocenters. The number of carbonyl (C=O) groups excluding carboxylic acids is 1. The van der Waals surface area contributed by atoms with E-state index in [0.29, 0.717) is 4.83 Å². The first-order chi connectivity index (χ1) is 3.18. The Morgan fingerprint density at radius 1 is 2.00 bits per heavy atom. The first-order valence-electron chi connectivity index (χ1n) is 1.58. The van der Waals surface area contributed by atoms with Gasteiger partial charge >= 0.3 is 0 Å². The second kappa shape index (κ2) is 2.72. The molecule has 0 aromatic rings. The minimum atomic E-state index is -0.537. The lowest BCUT2D eigenvalue weighted by Crippen LogP contribution is -2.11. The first kappa shape index (κ1) is 6.60. The van der Waals surface area contributed by atoms with Crippen molar-refractivity contribution in [3.05, 3.63) is 12.7 Å².